The van der Waals surface area contributed by atoms with Crippen molar-refractivity contribution < 1.29 is 9.50 Å². The molecule has 0 aromatic heterocycles. The summed E-state index contributed by atoms with van der Waals surface area (Å²) in [7, 11) is 0. The fraction of sp³-hybridized carbons (Fsp3) is 0.111. The van der Waals surface area contributed by atoms with Crippen LogP contribution >= 0.6 is 15.9 Å². The van der Waals surface area contributed by atoms with E-state index >= 15 is 0 Å². The summed E-state index contributed by atoms with van der Waals surface area (Å²) in [6, 6.07) is 3.79. The van der Waals surface area contributed by atoms with Crippen LogP contribution < -0.4 is 0 Å². The third-order valence-electron chi connectivity index (χ3n) is 1.50. The highest BCUT2D eigenvalue weighted by atomic mass is 79.9. The van der Waals surface area contributed by atoms with Gasteiger partial charge in [-0.2, -0.15) is 0 Å². The van der Waals surface area contributed by atoms with Gasteiger partial charge in [-0.25, -0.2) is 4.39 Å². The van der Waals surface area contributed by atoms with Crippen LogP contribution in [-0.2, 0) is 0 Å². The second kappa shape index (κ2) is 3.72. The highest BCUT2D eigenvalue weighted by Gasteiger charge is 2.04. The molecule has 64 valence electrons. The third-order valence-corrected chi connectivity index (χ3v) is 2.18. The minimum absolute atomic E-state index is 0.0563. The number of hydrogen-bond donors (Lipinski definition) is 1. The summed E-state index contributed by atoms with van der Waals surface area (Å²) in [4.78, 5) is 0. The summed E-state index contributed by atoms with van der Waals surface area (Å²) in [5.41, 5.74) is 1.11. The van der Waals surface area contributed by atoms with E-state index in [1.54, 1.807) is 0 Å². The normalized spacial score (nSPS) is 9.83. The standard InChI is InChI=1S/C9H8BrFO/c1-6(5-10)8-4-7(11)2-3-9(8)12/h2-4,12H,1,5H2. The van der Waals surface area contributed by atoms with Crippen molar-refractivity contribution in [3.8, 4) is 5.75 Å². The summed E-state index contributed by atoms with van der Waals surface area (Å²) in [6.45, 7) is 3.67. The number of benzene rings is 1. The molecule has 1 aromatic rings. The predicted octanol–water partition coefficient (Wildman–Crippen LogP) is 2.94. The van der Waals surface area contributed by atoms with E-state index in [4.69, 9.17) is 0 Å². The summed E-state index contributed by atoms with van der Waals surface area (Å²) in [6.07, 6.45) is 0. The molecule has 0 radical (unpaired) electrons. The molecule has 1 nitrogen and oxygen atoms in total. The van der Waals surface area contributed by atoms with E-state index in [2.05, 4.69) is 22.5 Å². The van der Waals surface area contributed by atoms with Crippen LogP contribution in [-0.4, -0.2) is 10.4 Å². The van der Waals surface area contributed by atoms with E-state index in [0.717, 1.165) is 0 Å². The molecule has 0 aliphatic carbocycles. The molecule has 0 saturated heterocycles. The van der Waals surface area contributed by atoms with Gasteiger partial charge in [0.2, 0.25) is 0 Å². The Morgan fingerprint density at radius 3 is 2.83 bits per heavy atom. The SMILES string of the molecule is C=C(CBr)c1cc(F)ccc1O. The minimum Gasteiger partial charge on any atom is -0.507 e. The van der Waals surface area contributed by atoms with Crippen molar-refractivity contribution in [2.24, 2.45) is 0 Å². The molecule has 0 saturated carbocycles. The second-order valence-corrected chi connectivity index (χ2v) is 2.96. The lowest BCUT2D eigenvalue weighted by atomic mass is 10.1. The second-order valence-electron chi connectivity index (χ2n) is 2.40. The molecular weight excluding hydrogens is 223 g/mol. The molecule has 1 N–H and O–H groups in total. The number of alkyl halides is 1. The van der Waals surface area contributed by atoms with Gasteiger partial charge in [0, 0.05) is 10.9 Å². The van der Waals surface area contributed by atoms with Gasteiger partial charge in [-0.05, 0) is 23.8 Å². The average molecular weight is 231 g/mol. The van der Waals surface area contributed by atoms with Crippen molar-refractivity contribution in [2.75, 3.05) is 5.33 Å². The number of hydrogen-bond acceptors (Lipinski definition) is 1. The van der Waals surface area contributed by atoms with Crippen molar-refractivity contribution in [1.82, 2.24) is 0 Å². The first-order valence-electron chi connectivity index (χ1n) is 3.37. The lowest BCUT2D eigenvalue weighted by Crippen LogP contribution is -1.86. The zero-order valence-electron chi connectivity index (χ0n) is 6.35. The lowest BCUT2D eigenvalue weighted by Gasteiger charge is -2.04. The molecule has 0 bridgehead atoms. The number of allylic oxidation sites excluding steroid dienone is 1. The van der Waals surface area contributed by atoms with Crippen LogP contribution in [0.5, 0.6) is 5.75 Å². The molecule has 1 aromatic carbocycles. The van der Waals surface area contributed by atoms with Gasteiger partial charge in [-0.3, -0.25) is 0 Å². The molecule has 0 amide bonds. The topological polar surface area (TPSA) is 20.2 Å². The lowest BCUT2D eigenvalue weighted by molar-refractivity contribution is 0.471. The first kappa shape index (κ1) is 9.26. The number of halogens is 2. The summed E-state index contributed by atoms with van der Waals surface area (Å²) in [5, 5.41) is 9.81. The van der Waals surface area contributed by atoms with Gasteiger partial charge >= 0.3 is 0 Å². The van der Waals surface area contributed by atoms with Gasteiger partial charge in [0.15, 0.2) is 0 Å². The highest BCUT2D eigenvalue weighted by Crippen LogP contribution is 2.25. The minimum atomic E-state index is -0.370. The Balaban J connectivity index is 3.13. The maximum Gasteiger partial charge on any atom is 0.124 e. The van der Waals surface area contributed by atoms with Crippen LogP contribution in [0.1, 0.15) is 5.56 Å². The van der Waals surface area contributed by atoms with Crippen LogP contribution in [0.2, 0.25) is 0 Å². The number of phenols is 1. The Labute approximate surface area is 78.7 Å². The largest absolute Gasteiger partial charge is 0.507 e. The van der Waals surface area contributed by atoms with Crippen molar-refractivity contribution in [1.29, 1.82) is 0 Å². The number of rotatable bonds is 2. The molecule has 0 atom stereocenters. The third kappa shape index (κ3) is 1.85. The van der Waals surface area contributed by atoms with Gasteiger partial charge < -0.3 is 5.11 Å². The van der Waals surface area contributed by atoms with Crippen LogP contribution in [0.15, 0.2) is 24.8 Å². The first-order valence-corrected chi connectivity index (χ1v) is 4.50. The van der Waals surface area contributed by atoms with Crippen molar-refractivity contribution in [3.63, 3.8) is 0 Å². The van der Waals surface area contributed by atoms with E-state index in [1.165, 1.54) is 18.2 Å². The molecule has 0 fully saturated rings. The molecule has 3 heteroatoms. The highest BCUT2D eigenvalue weighted by molar-refractivity contribution is 9.09. The van der Waals surface area contributed by atoms with E-state index in [1.807, 2.05) is 0 Å². The smallest absolute Gasteiger partial charge is 0.124 e. The molecule has 0 aliphatic heterocycles. The fourth-order valence-electron chi connectivity index (χ4n) is 0.863. The molecule has 0 unspecified atom stereocenters. The van der Waals surface area contributed by atoms with Crippen LogP contribution in [0.4, 0.5) is 4.39 Å². The number of aromatic hydroxyl groups is 1. The summed E-state index contributed by atoms with van der Waals surface area (Å²) >= 11 is 3.18. The quantitative estimate of drug-likeness (QED) is 0.776. The molecule has 0 spiro atoms. The Bertz CT molecular complexity index is 309. The number of phenolic OH excluding ortho intramolecular Hbond substituents is 1. The van der Waals surface area contributed by atoms with Gasteiger partial charge in [-0.15, -0.1) is 0 Å². The van der Waals surface area contributed by atoms with Gasteiger partial charge in [0.05, 0.1) is 0 Å². The molecule has 12 heavy (non-hydrogen) atoms. The molecule has 1 rings (SSSR count). The maximum absolute atomic E-state index is 12.7. The maximum atomic E-state index is 12.7. The van der Waals surface area contributed by atoms with Gasteiger partial charge in [0.25, 0.3) is 0 Å². The zero-order chi connectivity index (χ0) is 9.14. The van der Waals surface area contributed by atoms with E-state index in [-0.39, 0.29) is 11.6 Å². The Hall–Kier alpha value is -0.830. The molecular formula is C9H8BrFO. The Morgan fingerprint density at radius 2 is 2.25 bits per heavy atom. The predicted molar refractivity (Wildman–Crippen MR) is 50.9 cm³/mol. The molecule has 0 heterocycles. The van der Waals surface area contributed by atoms with Gasteiger partial charge in [-0.1, -0.05) is 22.5 Å². The van der Waals surface area contributed by atoms with Crippen molar-refractivity contribution in [2.45, 2.75) is 0 Å². The summed E-state index contributed by atoms with van der Waals surface area (Å²) < 4.78 is 12.7. The van der Waals surface area contributed by atoms with Crippen molar-refractivity contribution in [3.05, 3.63) is 36.2 Å². The fourth-order valence-corrected chi connectivity index (χ4v) is 1.17. The zero-order valence-corrected chi connectivity index (χ0v) is 7.94. The van der Waals surface area contributed by atoms with Gasteiger partial charge in [0.1, 0.15) is 11.6 Å². The van der Waals surface area contributed by atoms with Crippen LogP contribution in [0.3, 0.4) is 0 Å². The first-order chi connectivity index (χ1) is 5.65. The van der Waals surface area contributed by atoms with E-state index in [9.17, 15) is 9.50 Å². The van der Waals surface area contributed by atoms with Crippen LogP contribution in [0, 0.1) is 5.82 Å². The Morgan fingerprint density at radius 1 is 1.58 bits per heavy atom. The summed E-state index contributed by atoms with van der Waals surface area (Å²) in [5.74, 6) is -0.314. The van der Waals surface area contributed by atoms with Crippen LogP contribution in [0.25, 0.3) is 5.57 Å². The van der Waals surface area contributed by atoms with E-state index < -0.39 is 0 Å². The Kier molecular flexibility index (Phi) is 2.87. The molecule has 0 aliphatic rings. The van der Waals surface area contributed by atoms with Crippen molar-refractivity contribution >= 4 is 21.5 Å². The van der Waals surface area contributed by atoms with E-state index in [0.29, 0.717) is 16.5 Å². The monoisotopic (exact) mass is 230 g/mol. The average Bonchev–Trinajstić information content (AvgIpc) is 2.08.